The summed E-state index contributed by atoms with van der Waals surface area (Å²) >= 11 is 4.50. The molecule has 0 atom stereocenters. The number of para-hydroxylation sites is 2. The number of nitrogens with zero attached hydrogens (tertiary/aromatic N) is 3. The fraction of sp³-hybridized carbons (Fsp3) is 0.0645. The smallest absolute Gasteiger partial charge is 0.282 e. The van der Waals surface area contributed by atoms with Gasteiger partial charge in [0.15, 0.2) is 17.3 Å². The third-order valence-electron chi connectivity index (χ3n) is 6.56. The quantitative estimate of drug-likeness (QED) is 0.132. The van der Waals surface area contributed by atoms with E-state index in [1.807, 2.05) is 78.9 Å². The molecule has 0 amide bonds. The molecule has 3 heterocycles. The van der Waals surface area contributed by atoms with Crippen molar-refractivity contribution < 1.29 is 18.6 Å². The Morgan fingerprint density at radius 2 is 1.71 bits per heavy atom. The number of ether oxygens (including phenoxy) is 3. The summed E-state index contributed by atoms with van der Waals surface area (Å²) in [5, 5.41) is 5.99. The lowest BCUT2D eigenvalue weighted by atomic mass is 10.2. The first-order chi connectivity index (χ1) is 20.0. The Labute approximate surface area is 260 Å². The average molecular weight is 767 g/mol. The minimum atomic E-state index is -0.282. The molecule has 0 radical (unpaired) electrons. The number of hydrogen-bond donors (Lipinski definition) is 0. The molecule has 1 aliphatic rings. The summed E-state index contributed by atoms with van der Waals surface area (Å²) in [5.41, 5.74) is 2.79. The molecule has 0 unspecified atom stereocenters. The van der Waals surface area contributed by atoms with Crippen LogP contribution in [0.15, 0.2) is 99.2 Å². The third-order valence-corrected chi connectivity index (χ3v) is 8.17. The van der Waals surface area contributed by atoms with Crippen molar-refractivity contribution in [1.29, 1.82) is 0 Å². The normalized spacial score (nSPS) is 12.5. The molecule has 0 N–H and O–H groups in total. The molecule has 7 rings (SSSR count). The van der Waals surface area contributed by atoms with Gasteiger partial charge in [0.2, 0.25) is 12.6 Å². The zero-order chi connectivity index (χ0) is 27.9. The topological polar surface area (TPSA) is 88.1 Å². The molecular formula is C31H19I2N3O5. The van der Waals surface area contributed by atoms with Crippen LogP contribution in [0.3, 0.4) is 0 Å². The van der Waals surface area contributed by atoms with E-state index in [4.69, 9.17) is 23.6 Å². The Bertz CT molecular complexity index is 1990. The maximum atomic E-state index is 13.6. The van der Waals surface area contributed by atoms with E-state index in [1.54, 1.807) is 12.3 Å². The summed E-state index contributed by atoms with van der Waals surface area (Å²) in [6, 6.07) is 26.5. The number of furan rings is 1. The zero-order valence-corrected chi connectivity index (χ0v) is 25.5. The molecule has 8 nitrogen and oxygen atoms in total. The van der Waals surface area contributed by atoms with Crippen LogP contribution < -0.4 is 19.8 Å². The Hall–Kier alpha value is -3.91. The lowest BCUT2D eigenvalue weighted by Gasteiger charge is -2.12. The molecule has 10 heteroatoms. The first-order valence-electron chi connectivity index (χ1n) is 12.6. The van der Waals surface area contributed by atoms with Gasteiger partial charge < -0.3 is 18.6 Å². The van der Waals surface area contributed by atoms with Crippen molar-refractivity contribution >= 4 is 73.3 Å². The SMILES string of the molecule is O=c1c2ccccc2nc(-c2cc3ccccc3o2)n1N=Cc1cc(I)c(OCc2ccc3c(c2)OCO3)c(I)c1. The van der Waals surface area contributed by atoms with Crippen LogP contribution in [0.1, 0.15) is 11.1 Å². The van der Waals surface area contributed by atoms with Crippen LogP contribution >= 0.6 is 45.2 Å². The van der Waals surface area contributed by atoms with E-state index in [-0.39, 0.29) is 12.4 Å². The van der Waals surface area contributed by atoms with Gasteiger partial charge in [-0.3, -0.25) is 4.79 Å². The Balaban J connectivity index is 1.22. The first-order valence-corrected chi connectivity index (χ1v) is 14.7. The van der Waals surface area contributed by atoms with Crippen molar-refractivity contribution in [2.75, 3.05) is 6.79 Å². The molecule has 0 bridgehead atoms. The highest BCUT2D eigenvalue weighted by atomic mass is 127. The highest BCUT2D eigenvalue weighted by molar-refractivity contribution is 14.1. The zero-order valence-electron chi connectivity index (χ0n) is 21.2. The van der Waals surface area contributed by atoms with Crippen LogP contribution in [0, 0.1) is 7.14 Å². The number of benzene rings is 4. The molecule has 202 valence electrons. The Morgan fingerprint density at radius 3 is 2.56 bits per heavy atom. The maximum absolute atomic E-state index is 13.6. The molecule has 0 saturated heterocycles. The predicted molar refractivity (Wildman–Crippen MR) is 173 cm³/mol. The monoisotopic (exact) mass is 767 g/mol. The van der Waals surface area contributed by atoms with Crippen LogP contribution in [0.25, 0.3) is 33.5 Å². The standard InChI is InChI=1S/C31H19I2N3O5/c32-22-11-19(12-23(33)29(22)38-16-18-9-10-26-27(13-18)40-17-39-26)15-34-36-30(28-14-20-5-1-4-8-25(20)41-28)35-24-7-3-2-6-21(24)31(36)37/h1-15H,16-17H2. The van der Waals surface area contributed by atoms with Crippen molar-refractivity contribution in [1.82, 2.24) is 9.66 Å². The third kappa shape index (κ3) is 5.05. The lowest BCUT2D eigenvalue weighted by Crippen LogP contribution is -2.20. The molecule has 0 spiro atoms. The summed E-state index contributed by atoms with van der Waals surface area (Å²) in [4.78, 5) is 18.3. The van der Waals surface area contributed by atoms with E-state index >= 15 is 0 Å². The van der Waals surface area contributed by atoms with Crippen molar-refractivity contribution in [3.05, 3.63) is 114 Å². The van der Waals surface area contributed by atoms with Crippen molar-refractivity contribution in [3.63, 3.8) is 0 Å². The number of aromatic nitrogens is 2. The fourth-order valence-corrected chi connectivity index (χ4v) is 6.71. The van der Waals surface area contributed by atoms with Gasteiger partial charge in [0, 0.05) is 5.39 Å². The average Bonchev–Trinajstić information content (AvgIpc) is 3.63. The van der Waals surface area contributed by atoms with E-state index in [0.717, 1.165) is 40.9 Å². The summed E-state index contributed by atoms with van der Waals surface area (Å²) in [7, 11) is 0. The van der Waals surface area contributed by atoms with Crippen LogP contribution in [-0.2, 0) is 6.61 Å². The van der Waals surface area contributed by atoms with E-state index in [1.165, 1.54) is 4.68 Å². The molecule has 6 aromatic rings. The van der Waals surface area contributed by atoms with Gasteiger partial charge in [-0.15, -0.1) is 0 Å². The van der Waals surface area contributed by atoms with Gasteiger partial charge in [-0.2, -0.15) is 9.78 Å². The second kappa shape index (κ2) is 10.8. The first kappa shape index (κ1) is 26.0. The van der Waals surface area contributed by atoms with Gasteiger partial charge in [-0.25, -0.2) is 4.98 Å². The summed E-state index contributed by atoms with van der Waals surface area (Å²) in [6.45, 7) is 0.620. The molecule has 0 saturated carbocycles. The number of rotatable bonds is 6. The van der Waals surface area contributed by atoms with Crippen molar-refractivity contribution in [2.24, 2.45) is 5.10 Å². The highest BCUT2D eigenvalue weighted by Gasteiger charge is 2.17. The molecule has 1 aliphatic heterocycles. The number of halogens is 2. The predicted octanol–water partition coefficient (Wildman–Crippen LogP) is 7.21. The number of hydrogen-bond acceptors (Lipinski definition) is 7. The minimum absolute atomic E-state index is 0.236. The summed E-state index contributed by atoms with van der Waals surface area (Å²) in [5.74, 6) is 3.03. The number of fused-ring (bicyclic) bond motifs is 3. The van der Waals surface area contributed by atoms with Crippen LogP contribution in [-0.4, -0.2) is 22.7 Å². The Morgan fingerprint density at radius 1 is 0.927 bits per heavy atom. The van der Waals surface area contributed by atoms with E-state index < -0.39 is 0 Å². The second-order valence-corrected chi connectivity index (χ2v) is 11.6. The molecule has 0 fully saturated rings. The van der Waals surface area contributed by atoms with Crippen molar-refractivity contribution in [3.8, 4) is 28.8 Å². The lowest BCUT2D eigenvalue weighted by molar-refractivity contribution is 0.174. The highest BCUT2D eigenvalue weighted by Crippen LogP contribution is 2.34. The van der Waals surface area contributed by atoms with Gasteiger partial charge in [0.05, 0.1) is 24.3 Å². The van der Waals surface area contributed by atoms with E-state index in [2.05, 4.69) is 50.3 Å². The molecule has 4 aromatic carbocycles. The van der Waals surface area contributed by atoms with Gasteiger partial charge in [-0.05, 0) is 105 Å². The van der Waals surface area contributed by atoms with Gasteiger partial charge in [0.1, 0.15) is 17.9 Å². The Kier molecular flexibility index (Phi) is 6.87. The summed E-state index contributed by atoms with van der Waals surface area (Å²) in [6.07, 6.45) is 1.65. The maximum Gasteiger partial charge on any atom is 0.282 e. The molecule has 2 aromatic heterocycles. The van der Waals surface area contributed by atoms with Crippen LogP contribution in [0.4, 0.5) is 0 Å². The van der Waals surface area contributed by atoms with Crippen LogP contribution in [0.2, 0.25) is 0 Å². The van der Waals surface area contributed by atoms with Crippen molar-refractivity contribution in [2.45, 2.75) is 6.61 Å². The van der Waals surface area contributed by atoms with Gasteiger partial charge >= 0.3 is 0 Å². The summed E-state index contributed by atoms with van der Waals surface area (Å²) < 4.78 is 26.2. The second-order valence-electron chi connectivity index (χ2n) is 9.25. The van der Waals surface area contributed by atoms with E-state index in [0.29, 0.717) is 34.7 Å². The largest absolute Gasteiger partial charge is 0.487 e. The minimum Gasteiger partial charge on any atom is -0.487 e. The van der Waals surface area contributed by atoms with Gasteiger partial charge in [-0.1, -0.05) is 36.4 Å². The van der Waals surface area contributed by atoms with E-state index in [9.17, 15) is 4.79 Å². The molecular weight excluding hydrogens is 748 g/mol. The van der Waals surface area contributed by atoms with Gasteiger partial charge in [0.25, 0.3) is 5.56 Å². The van der Waals surface area contributed by atoms with Crippen LogP contribution in [0.5, 0.6) is 17.2 Å². The fourth-order valence-electron chi connectivity index (χ4n) is 4.58. The molecule has 0 aliphatic carbocycles. The molecule has 41 heavy (non-hydrogen) atoms.